The minimum absolute atomic E-state index is 0.0790. The van der Waals surface area contributed by atoms with E-state index in [0.29, 0.717) is 6.54 Å². The third kappa shape index (κ3) is 5.88. The van der Waals surface area contributed by atoms with E-state index in [1.165, 1.54) is 5.56 Å². The third-order valence-electron chi connectivity index (χ3n) is 3.25. The zero-order valence-electron chi connectivity index (χ0n) is 12.3. The number of hydrogen-bond acceptors (Lipinski definition) is 2. The minimum atomic E-state index is 0.0790. The molecule has 2 atom stereocenters. The van der Waals surface area contributed by atoms with Crippen LogP contribution in [0.3, 0.4) is 0 Å². The Morgan fingerprint density at radius 3 is 2.47 bits per heavy atom. The summed E-state index contributed by atoms with van der Waals surface area (Å²) in [6.07, 6.45) is 3.10. The van der Waals surface area contributed by atoms with Gasteiger partial charge in [0.1, 0.15) is 0 Å². The van der Waals surface area contributed by atoms with Crippen molar-refractivity contribution in [1.29, 1.82) is 0 Å². The van der Waals surface area contributed by atoms with Crippen molar-refractivity contribution in [2.45, 2.75) is 52.1 Å². The molecular weight excluding hydrogens is 236 g/mol. The summed E-state index contributed by atoms with van der Waals surface area (Å²) in [6, 6.07) is 10.8. The number of hydrogen-bond donors (Lipinski definition) is 2. The molecule has 0 saturated carbocycles. The van der Waals surface area contributed by atoms with Crippen LogP contribution in [0.15, 0.2) is 30.3 Å². The Hall–Kier alpha value is -1.35. The second-order valence-corrected chi connectivity index (χ2v) is 5.01. The predicted molar refractivity (Wildman–Crippen MR) is 80.0 cm³/mol. The van der Waals surface area contributed by atoms with Gasteiger partial charge in [0.05, 0.1) is 6.54 Å². The highest BCUT2D eigenvalue weighted by molar-refractivity contribution is 5.78. The Labute approximate surface area is 116 Å². The summed E-state index contributed by atoms with van der Waals surface area (Å²) in [4.78, 5) is 11.8. The molecule has 0 aliphatic carbocycles. The number of carbonyl (C=O) groups excluding carboxylic acids is 1. The van der Waals surface area contributed by atoms with Gasteiger partial charge in [0.2, 0.25) is 5.91 Å². The summed E-state index contributed by atoms with van der Waals surface area (Å²) in [5.41, 5.74) is 1.24. The SMILES string of the molecule is CCCC(C)NC(=O)CNC(CC)c1ccccc1. The van der Waals surface area contributed by atoms with Crippen LogP contribution in [0.5, 0.6) is 0 Å². The van der Waals surface area contributed by atoms with E-state index in [9.17, 15) is 4.79 Å². The third-order valence-corrected chi connectivity index (χ3v) is 3.25. The smallest absolute Gasteiger partial charge is 0.234 e. The largest absolute Gasteiger partial charge is 0.353 e. The van der Waals surface area contributed by atoms with Crippen LogP contribution >= 0.6 is 0 Å². The standard InChI is InChI=1S/C16H26N2O/c1-4-9-13(3)18-16(19)12-17-15(5-2)14-10-7-6-8-11-14/h6-8,10-11,13,15,17H,4-5,9,12H2,1-3H3,(H,18,19). The lowest BCUT2D eigenvalue weighted by atomic mass is 10.0. The quantitative estimate of drug-likeness (QED) is 0.756. The summed E-state index contributed by atoms with van der Waals surface area (Å²) in [7, 11) is 0. The second-order valence-electron chi connectivity index (χ2n) is 5.01. The zero-order chi connectivity index (χ0) is 14.1. The summed E-state index contributed by atoms with van der Waals surface area (Å²) in [5, 5.41) is 6.33. The highest BCUT2D eigenvalue weighted by Crippen LogP contribution is 2.15. The van der Waals surface area contributed by atoms with Gasteiger partial charge in [-0.25, -0.2) is 0 Å². The molecule has 0 aromatic heterocycles. The van der Waals surface area contributed by atoms with Crippen molar-refractivity contribution in [3.05, 3.63) is 35.9 Å². The molecule has 19 heavy (non-hydrogen) atoms. The molecule has 0 aliphatic rings. The maximum Gasteiger partial charge on any atom is 0.234 e. The molecule has 1 amide bonds. The van der Waals surface area contributed by atoms with Crippen LogP contribution < -0.4 is 10.6 Å². The molecule has 3 heteroatoms. The molecule has 1 aromatic rings. The predicted octanol–water partition coefficient (Wildman–Crippen LogP) is 3.03. The van der Waals surface area contributed by atoms with E-state index >= 15 is 0 Å². The first-order valence-corrected chi connectivity index (χ1v) is 7.25. The Kier molecular flexibility index (Phi) is 7.19. The van der Waals surface area contributed by atoms with E-state index in [1.807, 2.05) is 18.2 Å². The van der Waals surface area contributed by atoms with Crippen molar-refractivity contribution in [2.75, 3.05) is 6.54 Å². The molecule has 106 valence electrons. The van der Waals surface area contributed by atoms with Crippen LogP contribution in [0.2, 0.25) is 0 Å². The van der Waals surface area contributed by atoms with Crippen molar-refractivity contribution in [3.63, 3.8) is 0 Å². The Morgan fingerprint density at radius 1 is 1.21 bits per heavy atom. The van der Waals surface area contributed by atoms with Gasteiger partial charge in [-0.1, -0.05) is 50.6 Å². The van der Waals surface area contributed by atoms with Crippen LogP contribution in [-0.4, -0.2) is 18.5 Å². The van der Waals surface area contributed by atoms with Crippen molar-refractivity contribution >= 4 is 5.91 Å². The van der Waals surface area contributed by atoms with Crippen LogP contribution in [0.25, 0.3) is 0 Å². The van der Waals surface area contributed by atoms with Gasteiger partial charge in [-0.3, -0.25) is 4.79 Å². The fourth-order valence-electron chi connectivity index (χ4n) is 2.23. The number of amides is 1. The van der Waals surface area contributed by atoms with Crippen molar-refractivity contribution < 1.29 is 4.79 Å². The van der Waals surface area contributed by atoms with E-state index in [1.54, 1.807) is 0 Å². The van der Waals surface area contributed by atoms with Crippen LogP contribution in [0.4, 0.5) is 0 Å². The molecule has 1 rings (SSSR count). The Balaban J connectivity index is 2.39. The van der Waals surface area contributed by atoms with Gasteiger partial charge in [0.25, 0.3) is 0 Å². The lowest BCUT2D eigenvalue weighted by Crippen LogP contribution is -2.40. The lowest BCUT2D eigenvalue weighted by molar-refractivity contribution is -0.121. The van der Waals surface area contributed by atoms with E-state index in [-0.39, 0.29) is 18.0 Å². The molecule has 2 N–H and O–H groups in total. The molecule has 0 fully saturated rings. The molecule has 0 radical (unpaired) electrons. The molecule has 0 aliphatic heterocycles. The maximum atomic E-state index is 11.8. The number of rotatable bonds is 8. The molecule has 0 heterocycles. The highest BCUT2D eigenvalue weighted by Gasteiger charge is 2.11. The van der Waals surface area contributed by atoms with Crippen molar-refractivity contribution in [1.82, 2.24) is 10.6 Å². The Bertz CT molecular complexity index is 364. The number of carbonyl (C=O) groups is 1. The normalized spacial score (nSPS) is 13.8. The van der Waals surface area contributed by atoms with Gasteiger partial charge in [-0.2, -0.15) is 0 Å². The fourth-order valence-corrected chi connectivity index (χ4v) is 2.23. The highest BCUT2D eigenvalue weighted by atomic mass is 16.1. The van der Waals surface area contributed by atoms with E-state index < -0.39 is 0 Å². The molecule has 3 nitrogen and oxygen atoms in total. The minimum Gasteiger partial charge on any atom is -0.353 e. The van der Waals surface area contributed by atoms with Crippen LogP contribution in [0, 0.1) is 0 Å². The lowest BCUT2D eigenvalue weighted by Gasteiger charge is -2.18. The number of benzene rings is 1. The summed E-state index contributed by atoms with van der Waals surface area (Å²) < 4.78 is 0. The molecule has 0 spiro atoms. The first kappa shape index (κ1) is 15.7. The Morgan fingerprint density at radius 2 is 1.89 bits per heavy atom. The zero-order valence-corrected chi connectivity index (χ0v) is 12.3. The van der Waals surface area contributed by atoms with Crippen LogP contribution in [-0.2, 0) is 4.79 Å². The van der Waals surface area contributed by atoms with Gasteiger partial charge in [-0.15, -0.1) is 0 Å². The first-order valence-electron chi connectivity index (χ1n) is 7.25. The van der Waals surface area contributed by atoms with Gasteiger partial charge >= 0.3 is 0 Å². The number of nitrogens with one attached hydrogen (secondary N) is 2. The average Bonchev–Trinajstić information content (AvgIpc) is 2.41. The first-order chi connectivity index (χ1) is 9.17. The summed E-state index contributed by atoms with van der Waals surface area (Å²) in [6.45, 7) is 6.68. The van der Waals surface area contributed by atoms with E-state index in [2.05, 4.69) is 43.5 Å². The molecular formula is C16H26N2O. The summed E-state index contributed by atoms with van der Waals surface area (Å²) >= 11 is 0. The van der Waals surface area contributed by atoms with Gasteiger partial charge in [-0.05, 0) is 25.3 Å². The van der Waals surface area contributed by atoms with E-state index in [4.69, 9.17) is 0 Å². The molecule has 2 unspecified atom stereocenters. The summed E-state index contributed by atoms with van der Waals surface area (Å²) in [5.74, 6) is 0.0790. The van der Waals surface area contributed by atoms with Gasteiger partial charge in [0, 0.05) is 12.1 Å². The average molecular weight is 262 g/mol. The van der Waals surface area contributed by atoms with E-state index in [0.717, 1.165) is 19.3 Å². The van der Waals surface area contributed by atoms with Crippen molar-refractivity contribution in [2.24, 2.45) is 0 Å². The molecule has 1 aromatic carbocycles. The van der Waals surface area contributed by atoms with Gasteiger partial charge < -0.3 is 10.6 Å². The van der Waals surface area contributed by atoms with Gasteiger partial charge in [0.15, 0.2) is 0 Å². The maximum absolute atomic E-state index is 11.8. The second kappa shape index (κ2) is 8.70. The fraction of sp³-hybridized carbons (Fsp3) is 0.562. The molecule has 0 saturated heterocycles. The molecule has 0 bridgehead atoms. The topological polar surface area (TPSA) is 41.1 Å². The monoisotopic (exact) mass is 262 g/mol. The van der Waals surface area contributed by atoms with Crippen LogP contribution in [0.1, 0.15) is 51.6 Å². The van der Waals surface area contributed by atoms with Crippen molar-refractivity contribution in [3.8, 4) is 0 Å².